The predicted molar refractivity (Wildman–Crippen MR) is 59.6 cm³/mol. The third-order valence-electron chi connectivity index (χ3n) is 2.59. The van der Waals surface area contributed by atoms with Gasteiger partial charge >= 0.3 is 35.7 Å². The maximum atomic E-state index is 13.9. The number of carbonyl (C=O) groups excluding carboxylic acids is 2. The van der Waals surface area contributed by atoms with Gasteiger partial charge in [-0.1, -0.05) is 13.8 Å². The molecule has 2 N–H and O–H groups in total. The molecule has 0 rings (SSSR count). The van der Waals surface area contributed by atoms with Crippen molar-refractivity contribution in [3.05, 3.63) is 0 Å². The second-order valence-corrected chi connectivity index (χ2v) is 4.26. The fraction of sp³-hybridized carbons (Fsp3) is 0.818. The van der Waals surface area contributed by atoms with Crippen LogP contribution in [-0.2, 0) is 19.1 Å². The van der Waals surface area contributed by atoms with Crippen molar-refractivity contribution in [1.82, 2.24) is 0 Å². The summed E-state index contributed by atoms with van der Waals surface area (Å²) in [5, 5.41) is 16.9. The topological polar surface area (TPSA) is 93.1 Å². The first-order valence-electron chi connectivity index (χ1n) is 6.12. The van der Waals surface area contributed by atoms with E-state index in [0.717, 1.165) is 13.8 Å². The Bertz CT molecular complexity index is 429. The van der Waals surface area contributed by atoms with Crippen molar-refractivity contribution >= 4 is 11.9 Å². The predicted octanol–water partition coefficient (Wildman–Crippen LogP) is 1.44. The second kappa shape index (κ2) is 6.91. The van der Waals surface area contributed by atoms with Crippen LogP contribution >= 0.6 is 0 Å². The summed E-state index contributed by atoms with van der Waals surface area (Å²) in [6, 6.07) is 0. The van der Waals surface area contributed by atoms with E-state index in [2.05, 4.69) is 9.47 Å². The van der Waals surface area contributed by atoms with Gasteiger partial charge in [-0.15, -0.1) is 0 Å². The number of aliphatic hydroxyl groups excluding tert-OH is 1. The summed E-state index contributed by atoms with van der Waals surface area (Å²) in [4.78, 5) is 22.3. The molecule has 0 aromatic rings. The third kappa shape index (κ3) is 3.86. The summed E-state index contributed by atoms with van der Waals surface area (Å²) in [5.41, 5.74) is 0. The number of carbonyl (C=O) groups is 2. The Labute approximate surface area is 126 Å². The van der Waals surface area contributed by atoms with Gasteiger partial charge in [0.25, 0.3) is 0 Å². The Morgan fingerprint density at radius 3 is 1.43 bits per heavy atom. The van der Waals surface area contributed by atoms with Gasteiger partial charge in [-0.3, -0.25) is 9.59 Å². The molecule has 12 heteroatoms. The van der Waals surface area contributed by atoms with Crippen molar-refractivity contribution in [2.45, 2.75) is 50.4 Å². The van der Waals surface area contributed by atoms with Gasteiger partial charge in [0, 0.05) is 12.8 Å². The molecule has 0 saturated heterocycles. The molecule has 0 fully saturated rings. The van der Waals surface area contributed by atoms with Gasteiger partial charge in [-0.2, -0.15) is 26.3 Å². The van der Waals surface area contributed by atoms with Gasteiger partial charge in [-0.25, -0.2) is 0 Å². The number of hydrogen-bond acceptors (Lipinski definition) is 6. The largest absolute Gasteiger partial charge is 0.423 e. The SMILES string of the molecule is CCC(=O)OC(CO)(OC(=O)CC)C(F)(F)C(F)(F)C(O)(F)F. The van der Waals surface area contributed by atoms with Gasteiger partial charge in [0.15, 0.2) is 0 Å². The maximum absolute atomic E-state index is 13.9. The third-order valence-corrected chi connectivity index (χ3v) is 2.59. The Balaban J connectivity index is 6.18. The second-order valence-electron chi connectivity index (χ2n) is 4.26. The molecular formula is C11H14F6O6. The molecule has 0 aromatic heterocycles. The minimum Gasteiger partial charge on any atom is -0.414 e. The van der Waals surface area contributed by atoms with E-state index in [-0.39, 0.29) is 0 Å². The summed E-state index contributed by atoms with van der Waals surface area (Å²) < 4.78 is 86.9. The van der Waals surface area contributed by atoms with Gasteiger partial charge in [0.05, 0.1) is 0 Å². The molecule has 23 heavy (non-hydrogen) atoms. The number of rotatable bonds is 8. The molecule has 0 aliphatic carbocycles. The molecule has 0 bridgehead atoms. The van der Waals surface area contributed by atoms with Crippen LogP contribution < -0.4 is 0 Å². The van der Waals surface area contributed by atoms with Crippen LogP contribution in [0.1, 0.15) is 26.7 Å². The molecular weight excluding hydrogens is 342 g/mol. The molecule has 0 unspecified atom stereocenters. The highest BCUT2D eigenvalue weighted by Gasteiger charge is 2.82. The molecule has 0 amide bonds. The monoisotopic (exact) mass is 356 g/mol. The average molecular weight is 356 g/mol. The first-order valence-corrected chi connectivity index (χ1v) is 6.12. The quantitative estimate of drug-likeness (QED) is 0.388. The molecule has 0 aromatic carbocycles. The summed E-state index contributed by atoms with van der Waals surface area (Å²) in [6.45, 7) is -0.199. The number of ether oxygens (including phenoxy) is 2. The lowest BCUT2D eigenvalue weighted by molar-refractivity contribution is -0.440. The fourth-order valence-electron chi connectivity index (χ4n) is 1.25. The molecule has 0 heterocycles. The lowest BCUT2D eigenvalue weighted by Crippen LogP contribution is -2.69. The highest BCUT2D eigenvalue weighted by molar-refractivity contribution is 5.72. The zero-order valence-corrected chi connectivity index (χ0v) is 11.9. The number of esters is 2. The van der Waals surface area contributed by atoms with Crippen LogP contribution in [0.3, 0.4) is 0 Å². The highest BCUT2D eigenvalue weighted by atomic mass is 19.3. The van der Waals surface area contributed by atoms with E-state index in [1.54, 1.807) is 0 Å². The Kier molecular flexibility index (Phi) is 6.44. The number of halogens is 6. The molecule has 0 aliphatic rings. The lowest BCUT2D eigenvalue weighted by Gasteiger charge is -2.41. The van der Waals surface area contributed by atoms with Crippen LogP contribution in [0.4, 0.5) is 26.3 Å². The zero-order chi connectivity index (χ0) is 18.7. The number of hydrogen-bond donors (Lipinski definition) is 2. The fourth-order valence-corrected chi connectivity index (χ4v) is 1.25. The van der Waals surface area contributed by atoms with Crippen LogP contribution in [0.5, 0.6) is 0 Å². The highest BCUT2D eigenvalue weighted by Crippen LogP contribution is 2.51. The van der Waals surface area contributed by atoms with Gasteiger partial charge in [0.2, 0.25) is 0 Å². The summed E-state index contributed by atoms with van der Waals surface area (Å²) in [6.07, 6.45) is -7.65. The molecule has 0 saturated carbocycles. The Morgan fingerprint density at radius 2 is 1.22 bits per heavy atom. The molecule has 0 radical (unpaired) electrons. The maximum Gasteiger partial charge on any atom is 0.423 e. The molecule has 0 spiro atoms. The normalized spacial score (nSPS) is 13.7. The average Bonchev–Trinajstić information content (AvgIpc) is 2.44. The van der Waals surface area contributed by atoms with Crippen LogP contribution in [-0.4, -0.2) is 52.5 Å². The van der Waals surface area contributed by atoms with Crippen molar-refractivity contribution in [2.75, 3.05) is 6.61 Å². The Hall–Kier alpha value is -1.56. The van der Waals surface area contributed by atoms with Crippen LogP contribution in [0.15, 0.2) is 0 Å². The van der Waals surface area contributed by atoms with Crippen LogP contribution in [0.25, 0.3) is 0 Å². The smallest absolute Gasteiger partial charge is 0.414 e. The number of aliphatic hydroxyl groups is 2. The van der Waals surface area contributed by atoms with E-state index >= 15 is 0 Å². The molecule has 136 valence electrons. The number of alkyl halides is 6. The van der Waals surface area contributed by atoms with E-state index in [4.69, 9.17) is 10.2 Å². The first kappa shape index (κ1) is 21.4. The summed E-state index contributed by atoms with van der Waals surface area (Å²) >= 11 is 0. The van der Waals surface area contributed by atoms with Gasteiger partial charge in [-0.05, 0) is 0 Å². The van der Waals surface area contributed by atoms with Crippen molar-refractivity contribution in [3.8, 4) is 0 Å². The zero-order valence-electron chi connectivity index (χ0n) is 11.9. The van der Waals surface area contributed by atoms with Crippen LogP contribution in [0.2, 0.25) is 0 Å². The van der Waals surface area contributed by atoms with Crippen LogP contribution in [0, 0.1) is 0 Å². The molecule has 6 nitrogen and oxygen atoms in total. The first-order chi connectivity index (χ1) is 10.2. The lowest BCUT2D eigenvalue weighted by atomic mass is 10.0. The van der Waals surface area contributed by atoms with Gasteiger partial charge < -0.3 is 19.7 Å². The van der Waals surface area contributed by atoms with Crippen molar-refractivity contribution in [1.29, 1.82) is 0 Å². The minimum absolute atomic E-state index is 0.692. The minimum atomic E-state index is -6.54. The van der Waals surface area contributed by atoms with Crippen molar-refractivity contribution in [3.63, 3.8) is 0 Å². The Morgan fingerprint density at radius 1 is 0.870 bits per heavy atom. The summed E-state index contributed by atoms with van der Waals surface area (Å²) in [5.74, 6) is -20.4. The molecule has 0 aliphatic heterocycles. The van der Waals surface area contributed by atoms with Gasteiger partial charge in [0.1, 0.15) is 6.61 Å². The molecule has 0 atom stereocenters. The van der Waals surface area contributed by atoms with Crippen molar-refractivity contribution < 1.29 is 55.6 Å². The summed E-state index contributed by atoms with van der Waals surface area (Å²) in [7, 11) is 0. The van der Waals surface area contributed by atoms with E-state index in [9.17, 15) is 35.9 Å². The van der Waals surface area contributed by atoms with E-state index in [0.29, 0.717) is 0 Å². The van der Waals surface area contributed by atoms with E-state index < -0.39 is 55.1 Å². The van der Waals surface area contributed by atoms with E-state index in [1.807, 2.05) is 0 Å². The standard InChI is InChI=1S/C11H14F6O6/c1-3-6(19)22-8(5-18,23-7(20)4-2)9(12,13)10(14,15)11(16,17)21/h18,21H,3-5H2,1-2H3. The van der Waals surface area contributed by atoms with Crippen molar-refractivity contribution in [2.24, 2.45) is 0 Å². The van der Waals surface area contributed by atoms with E-state index in [1.165, 1.54) is 0 Å².